The maximum absolute atomic E-state index is 11.2. The zero-order valence-corrected chi connectivity index (χ0v) is 8.03. The second kappa shape index (κ2) is 3.57. The van der Waals surface area contributed by atoms with Crippen molar-refractivity contribution in [3.63, 3.8) is 0 Å². The predicted octanol–water partition coefficient (Wildman–Crippen LogP) is 0.0508. The Kier molecular flexibility index (Phi) is 2.67. The van der Waals surface area contributed by atoms with Crippen LogP contribution in [0.2, 0.25) is 0 Å². The van der Waals surface area contributed by atoms with Crippen molar-refractivity contribution < 1.29 is 4.79 Å². The Morgan fingerprint density at radius 2 is 2.31 bits per heavy atom. The number of hydrogen-bond donors (Lipinski definition) is 2. The maximum atomic E-state index is 11.2. The zero-order valence-electron chi connectivity index (χ0n) is 8.03. The normalized spacial score (nSPS) is 12.6. The minimum Gasteiger partial charge on any atom is -0.292 e. The molecule has 1 aromatic rings. The molecule has 1 atom stereocenters. The minimum atomic E-state index is -0.362. The van der Waals surface area contributed by atoms with Gasteiger partial charge in [-0.3, -0.25) is 14.9 Å². The third-order valence-corrected chi connectivity index (χ3v) is 1.93. The second-order valence-corrected chi connectivity index (χ2v) is 3.06. The average molecular weight is 182 g/mol. The summed E-state index contributed by atoms with van der Waals surface area (Å²) in [5.41, 5.74) is 3.95. The number of carbonyl (C=O) groups is 1. The quantitative estimate of drug-likeness (QED) is 0.385. The van der Waals surface area contributed by atoms with Gasteiger partial charge in [0, 0.05) is 5.69 Å². The minimum absolute atomic E-state index is 0.244. The molecule has 1 heterocycles. The molecule has 72 valence electrons. The molecule has 0 aliphatic carbocycles. The fourth-order valence-corrected chi connectivity index (χ4v) is 1.27. The zero-order chi connectivity index (χ0) is 10.0. The fourth-order valence-electron chi connectivity index (χ4n) is 1.27. The van der Waals surface area contributed by atoms with Crippen molar-refractivity contribution in [1.82, 2.24) is 15.2 Å². The highest BCUT2D eigenvalue weighted by atomic mass is 16.2. The van der Waals surface area contributed by atoms with E-state index >= 15 is 0 Å². The lowest BCUT2D eigenvalue weighted by Gasteiger charge is -2.11. The van der Waals surface area contributed by atoms with Crippen LogP contribution in [-0.2, 0) is 4.79 Å². The van der Waals surface area contributed by atoms with Gasteiger partial charge in [0.05, 0.1) is 5.69 Å². The van der Waals surface area contributed by atoms with E-state index in [-0.39, 0.29) is 11.9 Å². The van der Waals surface area contributed by atoms with Gasteiger partial charge in [-0.25, -0.2) is 5.84 Å². The van der Waals surface area contributed by atoms with Gasteiger partial charge in [-0.1, -0.05) is 0 Å². The summed E-state index contributed by atoms with van der Waals surface area (Å²) < 4.78 is 1.65. The number of aromatic nitrogens is 2. The van der Waals surface area contributed by atoms with E-state index in [0.29, 0.717) is 0 Å². The lowest BCUT2D eigenvalue weighted by atomic mass is 10.3. The number of carbonyl (C=O) groups excluding carboxylic acids is 1. The molecule has 0 saturated heterocycles. The van der Waals surface area contributed by atoms with Crippen LogP contribution in [0.15, 0.2) is 6.07 Å². The van der Waals surface area contributed by atoms with Crippen molar-refractivity contribution in [2.24, 2.45) is 5.84 Å². The highest BCUT2D eigenvalue weighted by Gasteiger charge is 2.15. The molecule has 0 saturated carbocycles. The Labute approximate surface area is 76.9 Å². The molecule has 0 aromatic carbocycles. The summed E-state index contributed by atoms with van der Waals surface area (Å²) in [5, 5.41) is 4.18. The first kappa shape index (κ1) is 9.73. The van der Waals surface area contributed by atoms with Gasteiger partial charge in [0.2, 0.25) is 0 Å². The molecule has 1 aromatic heterocycles. The third-order valence-electron chi connectivity index (χ3n) is 1.93. The van der Waals surface area contributed by atoms with Gasteiger partial charge in [-0.2, -0.15) is 5.10 Å². The molecule has 0 fully saturated rings. The van der Waals surface area contributed by atoms with Gasteiger partial charge in [-0.05, 0) is 26.8 Å². The van der Waals surface area contributed by atoms with E-state index in [0.717, 1.165) is 11.4 Å². The fraction of sp³-hybridized carbons (Fsp3) is 0.500. The van der Waals surface area contributed by atoms with E-state index in [1.165, 1.54) is 0 Å². The van der Waals surface area contributed by atoms with Crippen LogP contribution in [0.3, 0.4) is 0 Å². The highest BCUT2D eigenvalue weighted by molar-refractivity contribution is 5.79. The summed E-state index contributed by atoms with van der Waals surface area (Å²) in [6.07, 6.45) is 0. The van der Waals surface area contributed by atoms with Crippen LogP contribution >= 0.6 is 0 Å². The van der Waals surface area contributed by atoms with Crippen LogP contribution in [0.25, 0.3) is 0 Å². The molecule has 1 unspecified atom stereocenters. The standard InChI is InChI=1S/C8H14N4O/c1-5-4-6(2)12(11-5)7(3)8(13)10-9/h4,7H,9H2,1-3H3,(H,10,13). The Morgan fingerprint density at radius 3 is 2.69 bits per heavy atom. The number of nitrogens with zero attached hydrogens (tertiary/aromatic N) is 2. The van der Waals surface area contributed by atoms with Gasteiger partial charge in [-0.15, -0.1) is 0 Å². The third kappa shape index (κ3) is 1.86. The Morgan fingerprint density at radius 1 is 1.69 bits per heavy atom. The van der Waals surface area contributed by atoms with Gasteiger partial charge in [0.25, 0.3) is 5.91 Å². The summed E-state index contributed by atoms with van der Waals surface area (Å²) in [6, 6.07) is 1.55. The summed E-state index contributed by atoms with van der Waals surface area (Å²) in [6.45, 7) is 5.54. The summed E-state index contributed by atoms with van der Waals surface area (Å²) in [7, 11) is 0. The molecule has 0 aliphatic rings. The number of rotatable bonds is 2. The van der Waals surface area contributed by atoms with E-state index < -0.39 is 0 Å². The molecule has 13 heavy (non-hydrogen) atoms. The number of aryl methyl sites for hydroxylation is 2. The van der Waals surface area contributed by atoms with Crippen molar-refractivity contribution in [2.75, 3.05) is 0 Å². The number of hydrogen-bond acceptors (Lipinski definition) is 3. The van der Waals surface area contributed by atoms with Crippen LogP contribution in [0, 0.1) is 13.8 Å². The van der Waals surface area contributed by atoms with Crippen LogP contribution in [-0.4, -0.2) is 15.7 Å². The van der Waals surface area contributed by atoms with E-state index in [1.54, 1.807) is 11.6 Å². The largest absolute Gasteiger partial charge is 0.292 e. The molecule has 0 radical (unpaired) electrons. The number of nitrogens with two attached hydrogens (primary N) is 1. The molecule has 0 bridgehead atoms. The topological polar surface area (TPSA) is 72.9 Å². The smallest absolute Gasteiger partial charge is 0.258 e. The predicted molar refractivity (Wildman–Crippen MR) is 48.7 cm³/mol. The molecule has 1 amide bonds. The first-order valence-electron chi connectivity index (χ1n) is 4.09. The van der Waals surface area contributed by atoms with Crippen molar-refractivity contribution in [2.45, 2.75) is 26.8 Å². The summed E-state index contributed by atoms with van der Waals surface area (Å²) in [4.78, 5) is 11.2. The lowest BCUT2D eigenvalue weighted by molar-refractivity contribution is -0.124. The Bertz CT molecular complexity index is 318. The SMILES string of the molecule is Cc1cc(C)n(C(C)C(=O)NN)n1. The number of amides is 1. The first-order valence-corrected chi connectivity index (χ1v) is 4.09. The van der Waals surface area contributed by atoms with Crippen LogP contribution in [0.4, 0.5) is 0 Å². The maximum Gasteiger partial charge on any atom is 0.258 e. The van der Waals surface area contributed by atoms with E-state index in [2.05, 4.69) is 10.5 Å². The van der Waals surface area contributed by atoms with Crippen molar-refractivity contribution >= 4 is 5.91 Å². The van der Waals surface area contributed by atoms with Gasteiger partial charge in [0.1, 0.15) is 6.04 Å². The molecule has 1 rings (SSSR count). The van der Waals surface area contributed by atoms with E-state index in [1.807, 2.05) is 19.9 Å². The molecule has 3 N–H and O–H groups in total. The number of nitrogens with one attached hydrogen (secondary N) is 1. The van der Waals surface area contributed by atoms with Crippen LogP contribution in [0.5, 0.6) is 0 Å². The van der Waals surface area contributed by atoms with E-state index in [9.17, 15) is 4.79 Å². The van der Waals surface area contributed by atoms with Gasteiger partial charge < -0.3 is 0 Å². The molecule has 0 aliphatic heterocycles. The molecule has 5 nitrogen and oxygen atoms in total. The average Bonchev–Trinajstić information content (AvgIpc) is 2.42. The first-order chi connectivity index (χ1) is 6.06. The molecular formula is C8H14N4O. The van der Waals surface area contributed by atoms with Crippen LogP contribution in [0.1, 0.15) is 24.4 Å². The summed E-state index contributed by atoms with van der Waals surface area (Å²) in [5.74, 6) is 4.78. The van der Waals surface area contributed by atoms with E-state index in [4.69, 9.17) is 5.84 Å². The lowest BCUT2D eigenvalue weighted by Crippen LogP contribution is -2.36. The number of hydrazine groups is 1. The Balaban J connectivity index is 2.94. The monoisotopic (exact) mass is 182 g/mol. The van der Waals surface area contributed by atoms with Gasteiger partial charge in [0.15, 0.2) is 0 Å². The Hall–Kier alpha value is -1.36. The van der Waals surface area contributed by atoms with Crippen molar-refractivity contribution in [1.29, 1.82) is 0 Å². The molecule has 5 heteroatoms. The second-order valence-electron chi connectivity index (χ2n) is 3.06. The van der Waals surface area contributed by atoms with Crippen molar-refractivity contribution in [3.05, 3.63) is 17.5 Å². The van der Waals surface area contributed by atoms with Crippen molar-refractivity contribution in [3.8, 4) is 0 Å². The molecular weight excluding hydrogens is 168 g/mol. The van der Waals surface area contributed by atoms with Crippen LogP contribution < -0.4 is 11.3 Å². The summed E-state index contributed by atoms with van der Waals surface area (Å²) >= 11 is 0. The highest BCUT2D eigenvalue weighted by Crippen LogP contribution is 2.09. The molecule has 0 spiro atoms. The van der Waals surface area contributed by atoms with Gasteiger partial charge >= 0.3 is 0 Å².